The maximum atomic E-state index is 13.0. The Hall–Kier alpha value is -2.94. The summed E-state index contributed by atoms with van der Waals surface area (Å²) >= 11 is 1.22. The minimum atomic E-state index is -0.842. The van der Waals surface area contributed by atoms with E-state index in [1.54, 1.807) is 52.1 Å². The van der Waals surface area contributed by atoms with Crippen LogP contribution in [-0.2, 0) is 23.9 Å². The topological polar surface area (TPSA) is 108 Å². The first-order valence-electron chi connectivity index (χ1n) is 9.58. The van der Waals surface area contributed by atoms with Gasteiger partial charge < -0.3 is 19.9 Å². The molecule has 0 unspecified atom stereocenters. The Balaban J connectivity index is 2.27. The summed E-state index contributed by atoms with van der Waals surface area (Å²) in [6.45, 7) is 5.35. The van der Waals surface area contributed by atoms with E-state index in [4.69, 9.17) is 19.9 Å². The molecule has 9 heteroatoms. The highest BCUT2D eigenvalue weighted by atomic mass is 32.2. The van der Waals surface area contributed by atoms with Gasteiger partial charge in [0.05, 0.1) is 47.7 Å². The molecule has 0 spiro atoms. The lowest BCUT2D eigenvalue weighted by Gasteiger charge is -2.33. The number of ether oxygens (including phenoxy) is 3. The Morgan fingerprint density at radius 2 is 1.63 bits per heavy atom. The zero-order valence-corrected chi connectivity index (χ0v) is 18.1. The third-order valence-corrected chi connectivity index (χ3v) is 6.01. The number of esters is 2. The van der Waals surface area contributed by atoms with Crippen LogP contribution < -0.4 is 10.5 Å². The molecular formula is C21H24N2O6S. The van der Waals surface area contributed by atoms with E-state index in [1.165, 1.54) is 16.7 Å². The lowest BCUT2D eigenvalue weighted by atomic mass is 9.82. The molecule has 0 aromatic heterocycles. The molecule has 1 fully saturated rings. The van der Waals surface area contributed by atoms with Crippen LogP contribution in [0.3, 0.4) is 0 Å². The second-order valence-corrected chi connectivity index (χ2v) is 7.93. The molecule has 2 N–H and O–H groups in total. The number of carbonyl (C=O) groups is 3. The minimum absolute atomic E-state index is 0.0285. The fourth-order valence-electron chi connectivity index (χ4n) is 3.48. The lowest BCUT2D eigenvalue weighted by molar-refractivity contribution is -0.139. The fraction of sp³-hybridized carbons (Fsp3) is 0.381. The van der Waals surface area contributed by atoms with Gasteiger partial charge in [0.25, 0.3) is 0 Å². The van der Waals surface area contributed by atoms with Gasteiger partial charge in [-0.1, -0.05) is 23.9 Å². The van der Waals surface area contributed by atoms with Crippen LogP contribution in [0.2, 0.25) is 0 Å². The number of amides is 1. The molecule has 8 nitrogen and oxygen atoms in total. The summed E-state index contributed by atoms with van der Waals surface area (Å²) in [4.78, 5) is 39.9. The third-order valence-electron chi connectivity index (χ3n) is 4.82. The predicted molar refractivity (Wildman–Crippen MR) is 111 cm³/mol. The van der Waals surface area contributed by atoms with E-state index >= 15 is 0 Å². The number of rotatable bonds is 6. The molecule has 1 amide bonds. The fourth-order valence-corrected chi connectivity index (χ4v) is 4.64. The molecule has 2 atom stereocenters. The van der Waals surface area contributed by atoms with Gasteiger partial charge in [-0.25, -0.2) is 9.59 Å². The first kappa shape index (κ1) is 21.8. The average molecular weight is 432 g/mol. The Bertz CT molecular complexity index is 937. The second kappa shape index (κ2) is 8.83. The number of methoxy groups -OCH3 is 1. The number of hydrogen-bond acceptors (Lipinski definition) is 8. The van der Waals surface area contributed by atoms with Crippen LogP contribution in [0.5, 0.6) is 5.75 Å². The van der Waals surface area contributed by atoms with Crippen molar-refractivity contribution in [3.05, 3.63) is 51.8 Å². The van der Waals surface area contributed by atoms with Crippen molar-refractivity contribution < 1.29 is 28.6 Å². The first-order valence-corrected chi connectivity index (χ1v) is 10.5. The quantitative estimate of drug-likeness (QED) is 0.682. The van der Waals surface area contributed by atoms with Gasteiger partial charge in [-0.15, -0.1) is 0 Å². The van der Waals surface area contributed by atoms with E-state index in [1.807, 2.05) is 0 Å². The van der Waals surface area contributed by atoms with Crippen molar-refractivity contribution >= 4 is 29.6 Å². The lowest BCUT2D eigenvalue weighted by Crippen LogP contribution is -2.40. The molecule has 0 saturated carbocycles. The number of carbonyl (C=O) groups excluding carboxylic acids is 3. The van der Waals surface area contributed by atoms with Crippen molar-refractivity contribution in [1.29, 1.82) is 0 Å². The Morgan fingerprint density at radius 3 is 2.17 bits per heavy atom. The number of nitrogens with zero attached hydrogens (tertiary/aromatic N) is 1. The number of fused-ring (bicyclic) bond motifs is 1. The minimum Gasteiger partial charge on any atom is -0.497 e. The standard InChI is InChI=1S/C21H24N2O6S/c1-5-28-20(25)15-14(12-7-9-13(27-4)10-8-12)16(21(26)29-6-2)19-23(17(15)22)18(24)11(3)30-19/h7-11,14H,5-6,22H2,1-4H3/t11-,14-/m1/s1. The Labute approximate surface area is 179 Å². The molecule has 160 valence electrons. The summed E-state index contributed by atoms with van der Waals surface area (Å²) in [5, 5.41) is -0.0710. The van der Waals surface area contributed by atoms with Crippen molar-refractivity contribution in [2.45, 2.75) is 31.9 Å². The summed E-state index contributed by atoms with van der Waals surface area (Å²) in [6, 6.07) is 6.94. The molecule has 2 heterocycles. The zero-order valence-electron chi connectivity index (χ0n) is 17.3. The second-order valence-electron chi connectivity index (χ2n) is 6.60. The molecule has 0 radical (unpaired) electrons. The van der Waals surface area contributed by atoms with E-state index in [0.29, 0.717) is 16.3 Å². The number of hydrogen-bond donors (Lipinski definition) is 1. The van der Waals surface area contributed by atoms with Crippen molar-refractivity contribution in [3.63, 3.8) is 0 Å². The van der Waals surface area contributed by atoms with Gasteiger partial charge in [-0.2, -0.15) is 0 Å². The molecule has 1 aromatic rings. The van der Waals surface area contributed by atoms with Gasteiger partial charge in [0.15, 0.2) is 0 Å². The van der Waals surface area contributed by atoms with Crippen molar-refractivity contribution in [1.82, 2.24) is 4.90 Å². The smallest absolute Gasteiger partial charge is 0.338 e. The van der Waals surface area contributed by atoms with Crippen LogP contribution in [0.15, 0.2) is 46.3 Å². The molecule has 1 saturated heterocycles. The monoisotopic (exact) mass is 432 g/mol. The summed E-state index contributed by atoms with van der Waals surface area (Å²) < 4.78 is 15.7. The maximum absolute atomic E-state index is 13.0. The van der Waals surface area contributed by atoms with E-state index in [-0.39, 0.29) is 36.1 Å². The van der Waals surface area contributed by atoms with E-state index in [2.05, 4.69) is 0 Å². The van der Waals surface area contributed by atoms with Crippen molar-refractivity contribution in [2.75, 3.05) is 20.3 Å². The predicted octanol–water partition coefficient (Wildman–Crippen LogP) is 2.26. The van der Waals surface area contributed by atoms with Crippen molar-refractivity contribution in [3.8, 4) is 5.75 Å². The van der Waals surface area contributed by atoms with Gasteiger partial charge in [0, 0.05) is 0 Å². The van der Waals surface area contributed by atoms with E-state index < -0.39 is 23.1 Å². The first-order chi connectivity index (χ1) is 14.3. The zero-order chi connectivity index (χ0) is 22.0. The Kier molecular flexibility index (Phi) is 6.40. The summed E-state index contributed by atoms with van der Waals surface area (Å²) in [5.74, 6) is -1.85. The molecule has 0 aliphatic carbocycles. The van der Waals surface area contributed by atoms with Gasteiger partial charge in [-0.05, 0) is 38.5 Å². The molecule has 30 heavy (non-hydrogen) atoms. The molecule has 2 aliphatic rings. The maximum Gasteiger partial charge on any atom is 0.338 e. The van der Waals surface area contributed by atoms with Crippen LogP contribution in [0.4, 0.5) is 0 Å². The van der Waals surface area contributed by atoms with Crippen molar-refractivity contribution in [2.24, 2.45) is 5.73 Å². The van der Waals surface area contributed by atoms with Gasteiger partial charge in [0.2, 0.25) is 5.91 Å². The summed E-state index contributed by atoms with van der Waals surface area (Å²) in [6.07, 6.45) is 0. The molecule has 3 rings (SSSR count). The Morgan fingerprint density at radius 1 is 1.07 bits per heavy atom. The van der Waals surface area contributed by atoms with Crippen LogP contribution in [0, 0.1) is 0 Å². The molecule has 2 aliphatic heterocycles. The SMILES string of the molecule is CCOC(=O)C1=C(N)N2C(=O)[C@@H](C)SC2=C(C(=O)OCC)[C@@H]1c1ccc(OC)cc1. The van der Waals surface area contributed by atoms with E-state index in [0.717, 1.165) is 0 Å². The number of benzene rings is 1. The summed E-state index contributed by atoms with van der Waals surface area (Å²) in [7, 11) is 1.55. The highest BCUT2D eigenvalue weighted by molar-refractivity contribution is 8.04. The van der Waals surface area contributed by atoms with Crippen LogP contribution >= 0.6 is 11.8 Å². The molecule has 0 bridgehead atoms. The van der Waals surface area contributed by atoms with Crippen LogP contribution in [-0.4, -0.2) is 48.3 Å². The van der Waals surface area contributed by atoms with Gasteiger partial charge in [-0.3, -0.25) is 9.69 Å². The molecule has 1 aromatic carbocycles. The van der Waals surface area contributed by atoms with Crippen LogP contribution in [0.1, 0.15) is 32.3 Å². The number of thioether (sulfide) groups is 1. The van der Waals surface area contributed by atoms with Gasteiger partial charge >= 0.3 is 11.9 Å². The summed E-state index contributed by atoms with van der Waals surface area (Å²) in [5.41, 5.74) is 7.19. The largest absolute Gasteiger partial charge is 0.497 e. The number of nitrogens with two attached hydrogens (primary N) is 1. The van der Waals surface area contributed by atoms with Crippen LogP contribution in [0.25, 0.3) is 0 Å². The third kappa shape index (κ3) is 3.65. The highest BCUT2D eigenvalue weighted by Gasteiger charge is 2.49. The normalized spacial score (nSPS) is 20.9. The average Bonchev–Trinajstić information content (AvgIpc) is 3.02. The van der Waals surface area contributed by atoms with E-state index in [9.17, 15) is 14.4 Å². The highest BCUT2D eigenvalue weighted by Crippen LogP contribution is 2.49. The van der Waals surface area contributed by atoms with Gasteiger partial charge in [0.1, 0.15) is 11.6 Å². The molecular weight excluding hydrogens is 408 g/mol.